The molecule has 0 spiro atoms. The summed E-state index contributed by atoms with van der Waals surface area (Å²) in [6, 6.07) is 14.8. The molecule has 1 aliphatic heterocycles. The molecule has 1 aliphatic rings. The fraction of sp³-hybridized carbons (Fsp3) is 0.250. The molecule has 0 amide bonds. The SMILES string of the molecule is Cc1cccc(N2CCN(c3cnnc(Nc4cccc(F)c4)n3)CC2)c1. The molecule has 7 heteroatoms. The summed E-state index contributed by atoms with van der Waals surface area (Å²) in [5, 5.41) is 11.0. The van der Waals surface area contributed by atoms with E-state index >= 15 is 0 Å². The van der Waals surface area contributed by atoms with Gasteiger partial charge in [-0.15, -0.1) is 5.10 Å². The molecule has 4 rings (SSSR count). The quantitative estimate of drug-likeness (QED) is 0.766. The lowest BCUT2D eigenvalue weighted by atomic mass is 10.2. The van der Waals surface area contributed by atoms with Crippen molar-refractivity contribution < 1.29 is 4.39 Å². The van der Waals surface area contributed by atoms with E-state index in [1.807, 2.05) is 0 Å². The predicted octanol–water partition coefficient (Wildman–Crippen LogP) is 3.39. The Morgan fingerprint density at radius 1 is 0.963 bits per heavy atom. The van der Waals surface area contributed by atoms with Gasteiger partial charge in [-0.2, -0.15) is 10.1 Å². The third-order valence-electron chi connectivity index (χ3n) is 4.60. The maximum absolute atomic E-state index is 13.3. The Morgan fingerprint density at radius 2 is 1.74 bits per heavy atom. The third-order valence-corrected chi connectivity index (χ3v) is 4.60. The number of nitrogens with zero attached hydrogens (tertiary/aromatic N) is 5. The minimum absolute atomic E-state index is 0.309. The van der Waals surface area contributed by atoms with E-state index in [4.69, 9.17) is 0 Å². The van der Waals surface area contributed by atoms with Crippen molar-refractivity contribution in [3.63, 3.8) is 0 Å². The molecule has 1 fully saturated rings. The lowest BCUT2D eigenvalue weighted by molar-refractivity contribution is 0.628. The topological polar surface area (TPSA) is 57.2 Å². The van der Waals surface area contributed by atoms with E-state index in [9.17, 15) is 4.39 Å². The summed E-state index contributed by atoms with van der Waals surface area (Å²) in [4.78, 5) is 9.10. The minimum atomic E-state index is -0.309. The van der Waals surface area contributed by atoms with E-state index < -0.39 is 0 Å². The summed E-state index contributed by atoms with van der Waals surface area (Å²) in [6.45, 7) is 5.65. The predicted molar refractivity (Wildman–Crippen MR) is 105 cm³/mol. The van der Waals surface area contributed by atoms with Crippen LogP contribution in [0.4, 0.5) is 27.5 Å². The Kier molecular flexibility index (Phi) is 4.82. The highest BCUT2D eigenvalue weighted by molar-refractivity contribution is 5.55. The normalized spacial score (nSPS) is 14.3. The van der Waals surface area contributed by atoms with Gasteiger partial charge in [-0.05, 0) is 42.8 Å². The van der Waals surface area contributed by atoms with E-state index in [-0.39, 0.29) is 5.82 Å². The number of piperazine rings is 1. The minimum Gasteiger partial charge on any atom is -0.368 e. The molecule has 138 valence electrons. The first kappa shape index (κ1) is 17.2. The molecule has 0 bridgehead atoms. The van der Waals surface area contributed by atoms with Crippen LogP contribution < -0.4 is 15.1 Å². The van der Waals surface area contributed by atoms with Gasteiger partial charge in [0.05, 0.1) is 6.20 Å². The summed E-state index contributed by atoms with van der Waals surface area (Å²) in [7, 11) is 0. The molecule has 2 aromatic carbocycles. The Bertz CT molecular complexity index is 924. The molecule has 0 saturated carbocycles. The number of nitrogens with one attached hydrogen (secondary N) is 1. The highest BCUT2D eigenvalue weighted by Gasteiger charge is 2.19. The molecular weight excluding hydrogens is 343 g/mol. The maximum Gasteiger partial charge on any atom is 0.249 e. The van der Waals surface area contributed by atoms with Crippen molar-refractivity contribution in [2.75, 3.05) is 41.3 Å². The van der Waals surface area contributed by atoms with Crippen LogP contribution in [-0.2, 0) is 0 Å². The number of aryl methyl sites for hydroxylation is 1. The monoisotopic (exact) mass is 364 g/mol. The smallest absolute Gasteiger partial charge is 0.249 e. The van der Waals surface area contributed by atoms with Crippen LogP contribution in [0.15, 0.2) is 54.7 Å². The van der Waals surface area contributed by atoms with E-state index in [1.165, 1.54) is 23.4 Å². The lowest BCUT2D eigenvalue weighted by Crippen LogP contribution is -2.47. The van der Waals surface area contributed by atoms with Gasteiger partial charge in [0.25, 0.3) is 0 Å². The van der Waals surface area contributed by atoms with Gasteiger partial charge >= 0.3 is 0 Å². The molecule has 1 aromatic heterocycles. The number of halogens is 1. The lowest BCUT2D eigenvalue weighted by Gasteiger charge is -2.36. The molecule has 3 aromatic rings. The molecule has 2 heterocycles. The second-order valence-corrected chi connectivity index (χ2v) is 6.59. The van der Waals surface area contributed by atoms with Crippen molar-refractivity contribution in [2.24, 2.45) is 0 Å². The standard InChI is InChI=1S/C20H21FN6/c1-15-4-2-7-18(12-15)26-8-10-27(11-9-26)19-14-22-25-20(24-19)23-17-6-3-5-16(21)13-17/h2-7,12-14H,8-11H2,1H3,(H,23,24,25). The van der Waals surface area contributed by atoms with Crippen LogP contribution in [0.3, 0.4) is 0 Å². The first-order chi connectivity index (χ1) is 13.2. The first-order valence-electron chi connectivity index (χ1n) is 8.96. The molecule has 0 radical (unpaired) electrons. The van der Waals surface area contributed by atoms with E-state index in [0.717, 1.165) is 32.0 Å². The molecule has 27 heavy (non-hydrogen) atoms. The van der Waals surface area contributed by atoms with Crippen molar-refractivity contribution in [3.05, 3.63) is 66.1 Å². The third kappa shape index (κ3) is 4.13. The van der Waals surface area contributed by atoms with Crippen molar-refractivity contribution in [2.45, 2.75) is 6.92 Å². The van der Waals surface area contributed by atoms with Crippen molar-refractivity contribution in [1.82, 2.24) is 15.2 Å². The van der Waals surface area contributed by atoms with Crippen LogP contribution in [0.2, 0.25) is 0 Å². The van der Waals surface area contributed by atoms with Crippen molar-refractivity contribution in [3.8, 4) is 0 Å². The van der Waals surface area contributed by atoms with Crippen LogP contribution in [0, 0.1) is 12.7 Å². The van der Waals surface area contributed by atoms with Crippen LogP contribution in [0.1, 0.15) is 5.56 Å². The fourth-order valence-electron chi connectivity index (χ4n) is 3.21. The van der Waals surface area contributed by atoms with Crippen molar-refractivity contribution in [1.29, 1.82) is 0 Å². The van der Waals surface area contributed by atoms with Gasteiger partial charge in [0.15, 0.2) is 5.82 Å². The van der Waals surface area contributed by atoms with E-state index in [0.29, 0.717) is 11.6 Å². The number of hydrogen-bond acceptors (Lipinski definition) is 6. The summed E-state index contributed by atoms with van der Waals surface area (Å²) in [6.07, 6.45) is 1.67. The molecule has 0 atom stereocenters. The van der Waals surface area contributed by atoms with Crippen LogP contribution in [0.5, 0.6) is 0 Å². The molecule has 0 unspecified atom stereocenters. The van der Waals surface area contributed by atoms with Gasteiger partial charge in [-0.25, -0.2) is 4.39 Å². The van der Waals surface area contributed by atoms with Gasteiger partial charge in [0.2, 0.25) is 5.95 Å². The first-order valence-corrected chi connectivity index (χ1v) is 8.96. The second-order valence-electron chi connectivity index (χ2n) is 6.59. The zero-order valence-electron chi connectivity index (χ0n) is 15.1. The van der Waals surface area contributed by atoms with Gasteiger partial charge in [0, 0.05) is 37.6 Å². The second kappa shape index (κ2) is 7.57. The fourth-order valence-corrected chi connectivity index (χ4v) is 3.21. The van der Waals surface area contributed by atoms with Crippen LogP contribution in [-0.4, -0.2) is 41.4 Å². The zero-order valence-corrected chi connectivity index (χ0v) is 15.1. The zero-order chi connectivity index (χ0) is 18.6. The van der Waals surface area contributed by atoms with Crippen LogP contribution >= 0.6 is 0 Å². The largest absolute Gasteiger partial charge is 0.368 e. The molecular formula is C20H21FN6. The Labute approximate surface area is 157 Å². The number of benzene rings is 2. The summed E-state index contributed by atoms with van der Waals surface area (Å²) in [5.41, 5.74) is 3.12. The molecule has 6 nitrogen and oxygen atoms in total. The van der Waals surface area contributed by atoms with E-state index in [2.05, 4.69) is 61.5 Å². The van der Waals surface area contributed by atoms with Crippen molar-refractivity contribution >= 4 is 23.1 Å². The summed E-state index contributed by atoms with van der Waals surface area (Å²) in [5.74, 6) is 0.823. The molecule has 1 saturated heterocycles. The average molecular weight is 364 g/mol. The van der Waals surface area contributed by atoms with Gasteiger partial charge in [0.1, 0.15) is 5.82 Å². The number of anilines is 4. The Hall–Kier alpha value is -3.22. The summed E-state index contributed by atoms with van der Waals surface area (Å²) >= 11 is 0. The van der Waals surface area contributed by atoms with Gasteiger partial charge in [-0.1, -0.05) is 18.2 Å². The molecule has 1 N–H and O–H groups in total. The van der Waals surface area contributed by atoms with Gasteiger partial charge in [-0.3, -0.25) is 0 Å². The highest BCUT2D eigenvalue weighted by atomic mass is 19.1. The van der Waals surface area contributed by atoms with Crippen LogP contribution in [0.25, 0.3) is 0 Å². The van der Waals surface area contributed by atoms with Gasteiger partial charge < -0.3 is 15.1 Å². The maximum atomic E-state index is 13.3. The number of hydrogen-bond donors (Lipinski definition) is 1. The highest BCUT2D eigenvalue weighted by Crippen LogP contribution is 2.21. The molecule has 0 aliphatic carbocycles. The Balaban J connectivity index is 1.42. The number of aromatic nitrogens is 3. The summed E-state index contributed by atoms with van der Waals surface area (Å²) < 4.78 is 13.3. The Morgan fingerprint density at radius 3 is 2.52 bits per heavy atom. The average Bonchev–Trinajstić information content (AvgIpc) is 2.68. The number of rotatable bonds is 4. The van der Waals surface area contributed by atoms with E-state index in [1.54, 1.807) is 18.3 Å².